The molecule has 0 spiro atoms. The summed E-state index contributed by atoms with van der Waals surface area (Å²) in [6.45, 7) is 0. The van der Waals surface area contributed by atoms with Crippen molar-refractivity contribution in [3.05, 3.63) is 102 Å². The van der Waals surface area contributed by atoms with E-state index in [2.05, 4.69) is 62.8 Å². The number of nitrogens with zero attached hydrogens (tertiary/aromatic N) is 5. The van der Waals surface area contributed by atoms with Crippen LogP contribution in [0.1, 0.15) is 22.3 Å². The van der Waals surface area contributed by atoms with Crippen molar-refractivity contribution in [1.82, 2.24) is 25.0 Å². The van der Waals surface area contributed by atoms with E-state index in [0.717, 1.165) is 41.2 Å². The SMILES string of the molecule is C1=Cc2ccc3c4c(c(-n5cc(-c6ccc(-c7ccccn7)nc6)nn5)cc(c24)C1)C=CC3. The maximum atomic E-state index is 4.59. The summed E-state index contributed by atoms with van der Waals surface area (Å²) in [5, 5.41) is 11.7. The summed E-state index contributed by atoms with van der Waals surface area (Å²) in [6.07, 6.45) is 16.4. The molecule has 5 aromatic rings. The first kappa shape index (κ1) is 18.2. The largest absolute Gasteiger partial charge is 0.255 e. The van der Waals surface area contributed by atoms with Gasteiger partial charge in [-0.05, 0) is 70.6 Å². The molecule has 0 amide bonds. The zero-order valence-corrected chi connectivity index (χ0v) is 17.8. The van der Waals surface area contributed by atoms with Gasteiger partial charge in [-0.15, -0.1) is 5.10 Å². The molecule has 3 aromatic heterocycles. The van der Waals surface area contributed by atoms with Gasteiger partial charge in [-0.25, -0.2) is 4.68 Å². The molecule has 2 aliphatic rings. The zero-order valence-electron chi connectivity index (χ0n) is 17.8. The van der Waals surface area contributed by atoms with Gasteiger partial charge in [0.15, 0.2) is 0 Å². The van der Waals surface area contributed by atoms with Gasteiger partial charge in [0.2, 0.25) is 0 Å². The van der Waals surface area contributed by atoms with Crippen molar-refractivity contribution >= 4 is 22.9 Å². The Kier molecular flexibility index (Phi) is 3.90. The molecule has 0 aliphatic heterocycles. The van der Waals surface area contributed by atoms with Crippen LogP contribution in [0.15, 0.2) is 79.3 Å². The van der Waals surface area contributed by atoms with E-state index in [9.17, 15) is 0 Å². The Morgan fingerprint density at radius 3 is 2.55 bits per heavy atom. The molecule has 7 rings (SSSR count). The number of hydrogen-bond acceptors (Lipinski definition) is 4. The molecule has 5 nitrogen and oxygen atoms in total. The van der Waals surface area contributed by atoms with Gasteiger partial charge in [0, 0.05) is 23.5 Å². The average molecular weight is 425 g/mol. The van der Waals surface area contributed by atoms with Crippen molar-refractivity contribution in [3.63, 3.8) is 0 Å². The van der Waals surface area contributed by atoms with Crippen molar-refractivity contribution in [2.45, 2.75) is 12.8 Å². The Balaban J connectivity index is 1.33. The van der Waals surface area contributed by atoms with Crippen LogP contribution in [0.4, 0.5) is 0 Å². The third-order valence-corrected chi connectivity index (χ3v) is 6.49. The molecule has 2 aliphatic carbocycles. The zero-order chi connectivity index (χ0) is 21.8. The quantitative estimate of drug-likeness (QED) is 0.373. The van der Waals surface area contributed by atoms with Crippen LogP contribution in [-0.4, -0.2) is 25.0 Å². The molecule has 5 heteroatoms. The maximum Gasteiger partial charge on any atom is 0.115 e. The Morgan fingerprint density at radius 1 is 0.758 bits per heavy atom. The molecule has 156 valence electrons. The van der Waals surface area contributed by atoms with E-state index in [0.29, 0.717) is 0 Å². The van der Waals surface area contributed by atoms with E-state index in [-0.39, 0.29) is 0 Å². The molecule has 33 heavy (non-hydrogen) atoms. The highest BCUT2D eigenvalue weighted by atomic mass is 15.4. The lowest BCUT2D eigenvalue weighted by atomic mass is 9.84. The van der Waals surface area contributed by atoms with Crippen LogP contribution in [0.2, 0.25) is 0 Å². The normalized spacial score (nSPS) is 13.6. The molecule has 0 atom stereocenters. The fourth-order valence-corrected chi connectivity index (χ4v) is 4.93. The molecule has 0 N–H and O–H groups in total. The number of hydrogen-bond donors (Lipinski definition) is 0. The third-order valence-electron chi connectivity index (χ3n) is 6.49. The second-order valence-corrected chi connectivity index (χ2v) is 8.44. The summed E-state index contributed by atoms with van der Waals surface area (Å²) >= 11 is 0. The summed E-state index contributed by atoms with van der Waals surface area (Å²) < 4.78 is 1.90. The Hall–Kier alpha value is -4.38. The summed E-state index contributed by atoms with van der Waals surface area (Å²) in [7, 11) is 0. The third kappa shape index (κ3) is 2.86. The van der Waals surface area contributed by atoms with Gasteiger partial charge in [-0.3, -0.25) is 9.97 Å². The van der Waals surface area contributed by atoms with E-state index >= 15 is 0 Å². The van der Waals surface area contributed by atoms with Gasteiger partial charge in [0.05, 0.1) is 23.3 Å². The van der Waals surface area contributed by atoms with Gasteiger partial charge < -0.3 is 0 Å². The predicted molar refractivity (Wildman–Crippen MR) is 131 cm³/mol. The number of benzene rings is 2. The van der Waals surface area contributed by atoms with Crippen molar-refractivity contribution in [3.8, 4) is 28.3 Å². The van der Waals surface area contributed by atoms with Crippen molar-refractivity contribution in [1.29, 1.82) is 0 Å². The predicted octanol–water partition coefficient (Wildman–Crippen LogP) is 5.68. The van der Waals surface area contributed by atoms with Gasteiger partial charge >= 0.3 is 0 Å². The minimum Gasteiger partial charge on any atom is -0.255 e. The minimum atomic E-state index is 0.796. The average Bonchev–Trinajstić information content (AvgIpc) is 3.38. The molecule has 0 saturated carbocycles. The first-order valence-electron chi connectivity index (χ1n) is 11.1. The highest BCUT2D eigenvalue weighted by Gasteiger charge is 2.21. The number of pyridine rings is 2. The minimum absolute atomic E-state index is 0.796. The fourth-order valence-electron chi connectivity index (χ4n) is 4.93. The van der Waals surface area contributed by atoms with Gasteiger partial charge in [0.25, 0.3) is 0 Å². The number of aromatic nitrogens is 5. The van der Waals surface area contributed by atoms with Gasteiger partial charge in [0.1, 0.15) is 5.69 Å². The van der Waals surface area contributed by atoms with Crippen molar-refractivity contribution < 1.29 is 0 Å². The second-order valence-electron chi connectivity index (χ2n) is 8.44. The van der Waals surface area contributed by atoms with Crippen LogP contribution in [0.5, 0.6) is 0 Å². The Bertz CT molecular complexity index is 1590. The lowest BCUT2D eigenvalue weighted by Crippen LogP contribution is -2.06. The molecule has 0 bridgehead atoms. The standard InChI is InChI=1S/C28H19N5/c1-2-14-29-23(9-1)24-13-12-21(16-30-24)25-17-33(32-31-25)26-15-20-7-3-5-18-10-11-19-6-4-8-22(26)28(19)27(18)20/h1-5,8-17H,6-7H2. The van der Waals surface area contributed by atoms with E-state index in [4.69, 9.17) is 0 Å². The first-order chi connectivity index (χ1) is 16.3. The summed E-state index contributed by atoms with van der Waals surface area (Å²) in [5.41, 5.74) is 9.72. The van der Waals surface area contributed by atoms with Crippen LogP contribution in [0.3, 0.4) is 0 Å². The summed E-state index contributed by atoms with van der Waals surface area (Å²) in [6, 6.07) is 16.6. The highest BCUT2D eigenvalue weighted by Crippen LogP contribution is 2.39. The topological polar surface area (TPSA) is 56.5 Å². The van der Waals surface area contributed by atoms with Crippen LogP contribution in [0, 0.1) is 0 Å². The highest BCUT2D eigenvalue weighted by molar-refractivity contribution is 6.04. The summed E-state index contributed by atoms with van der Waals surface area (Å²) in [4.78, 5) is 8.96. The van der Waals surface area contributed by atoms with Crippen LogP contribution < -0.4 is 0 Å². The van der Waals surface area contributed by atoms with Crippen LogP contribution in [0.25, 0.3) is 51.3 Å². The number of allylic oxidation sites excluding steroid dienone is 2. The van der Waals surface area contributed by atoms with E-state index in [1.165, 1.54) is 33.0 Å². The molecule has 3 heterocycles. The fraction of sp³-hybridized carbons (Fsp3) is 0.0714. The van der Waals surface area contributed by atoms with E-state index in [1.807, 2.05) is 47.4 Å². The lowest BCUT2D eigenvalue weighted by molar-refractivity contribution is 0.802. The van der Waals surface area contributed by atoms with Gasteiger partial charge in [-0.2, -0.15) is 0 Å². The molecular weight excluding hydrogens is 406 g/mol. The molecule has 2 aromatic carbocycles. The molecule has 0 unspecified atom stereocenters. The monoisotopic (exact) mass is 425 g/mol. The molecule has 0 radical (unpaired) electrons. The second kappa shape index (κ2) is 7.07. The molecule has 0 fully saturated rings. The molecular formula is C28H19N5. The smallest absolute Gasteiger partial charge is 0.115 e. The Morgan fingerprint density at radius 2 is 1.67 bits per heavy atom. The summed E-state index contributed by atoms with van der Waals surface area (Å²) in [5.74, 6) is 0. The first-order valence-corrected chi connectivity index (χ1v) is 11.1. The van der Waals surface area contributed by atoms with Crippen LogP contribution in [-0.2, 0) is 12.8 Å². The van der Waals surface area contributed by atoms with Gasteiger partial charge in [-0.1, -0.05) is 47.7 Å². The van der Waals surface area contributed by atoms with Crippen molar-refractivity contribution in [2.75, 3.05) is 0 Å². The van der Waals surface area contributed by atoms with E-state index in [1.54, 1.807) is 6.20 Å². The molecule has 0 saturated heterocycles. The van der Waals surface area contributed by atoms with Crippen molar-refractivity contribution in [2.24, 2.45) is 0 Å². The van der Waals surface area contributed by atoms with E-state index < -0.39 is 0 Å². The maximum absolute atomic E-state index is 4.59. The number of rotatable bonds is 3. The van der Waals surface area contributed by atoms with Crippen LogP contribution >= 0.6 is 0 Å². The Labute approximate surface area is 190 Å². The lowest BCUT2D eigenvalue weighted by Gasteiger charge is -2.22.